The van der Waals surface area contributed by atoms with E-state index in [4.69, 9.17) is 5.73 Å². The van der Waals surface area contributed by atoms with Crippen LogP contribution in [0.3, 0.4) is 0 Å². The normalized spacial score (nSPS) is 12.7. The van der Waals surface area contributed by atoms with Crippen molar-refractivity contribution >= 4 is 19.9 Å². The molecule has 2 amide bonds. The van der Waals surface area contributed by atoms with Gasteiger partial charge in [-0.1, -0.05) is 46.0 Å². The summed E-state index contributed by atoms with van der Waals surface area (Å²) >= 11 is 0. The van der Waals surface area contributed by atoms with Crippen LogP contribution in [0.25, 0.3) is 0 Å². The smallest absolute Gasteiger partial charge is 0.240 e. The van der Waals surface area contributed by atoms with Crippen molar-refractivity contribution in [2.75, 3.05) is 0 Å². The summed E-state index contributed by atoms with van der Waals surface area (Å²) in [6.07, 6.45) is 0.161. The van der Waals surface area contributed by atoms with E-state index in [2.05, 4.69) is 50.6 Å². The van der Waals surface area contributed by atoms with E-state index >= 15 is 0 Å². The van der Waals surface area contributed by atoms with E-state index < -0.39 is 25.8 Å². The first kappa shape index (κ1) is 20.9. The highest BCUT2D eigenvalue weighted by molar-refractivity contribution is 6.87. The number of hydrogen-bond donors (Lipinski definition) is 2. The predicted molar refractivity (Wildman–Crippen MR) is 101 cm³/mol. The molecule has 0 bridgehead atoms. The van der Waals surface area contributed by atoms with Crippen LogP contribution in [-0.4, -0.2) is 25.9 Å². The van der Waals surface area contributed by atoms with Crippen LogP contribution in [0.1, 0.15) is 32.8 Å². The molecule has 6 heteroatoms. The Morgan fingerprint density at radius 3 is 2.48 bits per heavy atom. The number of benzene rings is 1. The number of primary amides is 1. The standard InChI is InChI=1S/C19H27FN2O2Si/c1-19(2,3)25(4,5)11-7-10-16(18(21)24)22-17(23)13-14-8-6-9-15(20)12-14/h6,8-9,12,16H,10,13H2,1-5H3,(H2,21,24)(H,22,23)/t16-/m0/s1. The van der Waals surface area contributed by atoms with E-state index in [9.17, 15) is 14.0 Å². The minimum atomic E-state index is -1.78. The van der Waals surface area contributed by atoms with Gasteiger partial charge in [0.2, 0.25) is 11.8 Å². The Morgan fingerprint density at radius 2 is 1.96 bits per heavy atom. The van der Waals surface area contributed by atoms with Gasteiger partial charge in [0.15, 0.2) is 0 Å². The van der Waals surface area contributed by atoms with Gasteiger partial charge in [-0.05, 0) is 22.7 Å². The lowest BCUT2D eigenvalue weighted by Gasteiger charge is -2.31. The van der Waals surface area contributed by atoms with E-state index in [1.807, 2.05) is 0 Å². The Bertz CT molecular complexity index is 699. The maximum absolute atomic E-state index is 13.2. The van der Waals surface area contributed by atoms with Gasteiger partial charge in [-0.15, -0.1) is 11.5 Å². The van der Waals surface area contributed by atoms with Crippen LogP contribution in [-0.2, 0) is 16.0 Å². The summed E-state index contributed by atoms with van der Waals surface area (Å²) in [5.74, 6) is 1.61. The second kappa shape index (κ2) is 8.30. The SMILES string of the molecule is CC(C)(C)[Si](C)(C)C#CC[C@H](NC(=O)Cc1cccc(F)c1)C(N)=O. The number of hydrogen-bond acceptors (Lipinski definition) is 2. The van der Waals surface area contributed by atoms with Crippen molar-refractivity contribution in [3.8, 4) is 11.5 Å². The molecule has 0 fully saturated rings. The third-order valence-corrected chi connectivity index (χ3v) is 9.07. The summed E-state index contributed by atoms with van der Waals surface area (Å²) in [7, 11) is -1.78. The summed E-state index contributed by atoms with van der Waals surface area (Å²) in [5.41, 5.74) is 9.20. The highest BCUT2D eigenvalue weighted by Gasteiger charge is 2.33. The van der Waals surface area contributed by atoms with Gasteiger partial charge in [-0.2, -0.15) is 0 Å². The maximum Gasteiger partial charge on any atom is 0.240 e. The van der Waals surface area contributed by atoms with Gasteiger partial charge in [0, 0.05) is 6.42 Å². The Morgan fingerprint density at radius 1 is 1.32 bits per heavy atom. The minimum Gasteiger partial charge on any atom is -0.368 e. The fourth-order valence-electron chi connectivity index (χ4n) is 1.86. The summed E-state index contributed by atoms with van der Waals surface area (Å²) in [6.45, 7) is 10.8. The molecule has 0 aliphatic carbocycles. The van der Waals surface area contributed by atoms with Crippen LogP contribution in [0.15, 0.2) is 24.3 Å². The molecule has 4 nitrogen and oxygen atoms in total. The molecule has 0 spiro atoms. The molecule has 0 unspecified atom stereocenters. The lowest BCUT2D eigenvalue weighted by molar-refractivity contribution is -0.126. The van der Waals surface area contributed by atoms with Crippen molar-refractivity contribution < 1.29 is 14.0 Å². The molecular formula is C19H27FN2O2Si. The Labute approximate surface area is 150 Å². The van der Waals surface area contributed by atoms with Crippen molar-refractivity contribution in [1.82, 2.24) is 5.32 Å². The Balaban J connectivity index is 2.72. The largest absolute Gasteiger partial charge is 0.368 e. The molecule has 0 saturated carbocycles. The third-order valence-electron chi connectivity index (χ3n) is 4.51. The number of halogens is 1. The first-order valence-corrected chi connectivity index (χ1v) is 11.3. The van der Waals surface area contributed by atoms with Crippen molar-refractivity contribution in [2.24, 2.45) is 5.73 Å². The lowest BCUT2D eigenvalue weighted by Crippen LogP contribution is -2.45. The molecule has 3 N–H and O–H groups in total. The quantitative estimate of drug-likeness (QED) is 0.624. The minimum absolute atomic E-state index is 0.0167. The fraction of sp³-hybridized carbons (Fsp3) is 0.474. The van der Waals surface area contributed by atoms with Crippen molar-refractivity contribution in [2.45, 2.75) is 57.8 Å². The van der Waals surface area contributed by atoms with E-state index in [0.717, 1.165) is 0 Å². The number of nitrogens with one attached hydrogen (secondary N) is 1. The summed E-state index contributed by atoms with van der Waals surface area (Å²) < 4.78 is 13.2. The predicted octanol–water partition coefficient (Wildman–Crippen LogP) is 2.78. The molecule has 136 valence electrons. The molecule has 25 heavy (non-hydrogen) atoms. The lowest BCUT2D eigenvalue weighted by atomic mass is 10.1. The van der Waals surface area contributed by atoms with Gasteiger partial charge in [0.05, 0.1) is 6.42 Å². The van der Waals surface area contributed by atoms with Crippen LogP contribution in [0, 0.1) is 17.3 Å². The number of amides is 2. The number of carbonyl (C=O) groups is 2. The number of carbonyl (C=O) groups excluding carboxylic acids is 2. The molecule has 1 aromatic rings. The second-order valence-corrected chi connectivity index (χ2v) is 12.7. The molecule has 0 saturated heterocycles. The van der Waals surface area contributed by atoms with Gasteiger partial charge >= 0.3 is 0 Å². The van der Waals surface area contributed by atoms with Gasteiger partial charge in [-0.25, -0.2) is 4.39 Å². The van der Waals surface area contributed by atoms with Gasteiger partial charge in [-0.3, -0.25) is 9.59 Å². The zero-order valence-corrected chi connectivity index (χ0v) is 16.6. The maximum atomic E-state index is 13.2. The first-order valence-electron chi connectivity index (χ1n) is 8.25. The Hall–Kier alpha value is -2.13. The zero-order chi connectivity index (χ0) is 19.3. The average molecular weight is 363 g/mol. The van der Waals surface area contributed by atoms with Crippen LogP contribution < -0.4 is 11.1 Å². The summed E-state index contributed by atoms with van der Waals surface area (Å²) in [4.78, 5) is 23.7. The van der Waals surface area contributed by atoms with Crippen molar-refractivity contribution in [1.29, 1.82) is 0 Å². The van der Waals surface area contributed by atoms with E-state index in [-0.39, 0.29) is 23.8 Å². The third kappa shape index (κ3) is 6.71. The van der Waals surface area contributed by atoms with Crippen molar-refractivity contribution in [3.05, 3.63) is 35.6 Å². The van der Waals surface area contributed by atoms with E-state index in [1.165, 1.54) is 18.2 Å². The molecular weight excluding hydrogens is 335 g/mol. The average Bonchev–Trinajstić information content (AvgIpc) is 2.44. The monoisotopic (exact) mass is 362 g/mol. The van der Waals surface area contributed by atoms with Gasteiger partial charge in [0.25, 0.3) is 0 Å². The molecule has 1 atom stereocenters. The van der Waals surface area contributed by atoms with E-state index in [0.29, 0.717) is 5.56 Å². The zero-order valence-electron chi connectivity index (χ0n) is 15.6. The van der Waals surface area contributed by atoms with Gasteiger partial charge in [0.1, 0.15) is 19.9 Å². The van der Waals surface area contributed by atoms with Crippen LogP contribution in [0.5, 0.6) is 0 Å². The van der Waals surface area contributed by atoms with E-state index in [1.54, 1.807) is 6.07 Å². The topological polar surface area (TPSA) is 72.2 Å². The van der Waals surface area contributed by atoms with Crippen LogP contribution in [0.4, 0.5) is 4.39 Å². The Kier molecular flexibility index (Phi) is 6.94. The first-order chi connectivity index (χ1) is 11.4. The molecule has 0 heterocycles. The van der Waals surface area contributed by atoms with Gasteiger partial charge < -0.3 is 11.1 Å². The van der Waals surface area contributed by atoms with Crippen molar-refractivity contribution in [3.63, 3.8) is 0 Å². The molecule has 0 radical (unpaired) electrons. The fourth-order valence-corrected chi connectivity index (χ4v) is 2.78. The number of rotatable bonds is 5. The van der Waals surface area contributed by atoms with Crippen LogP contribution >= 0.6 is 0 Å². The molecule has 0 aromatic heterocycles. The molecule has 1 aromatic carbocycles. The highest BCUT2D eigenvalue weighted by Crippen LogP contribution is 2.35. The molecule has 0 aliphatic rings. The molecule has 0 aliphatic heterocycles. The number of nitrogens with two attached hydrogens (primary N) is 1. The molecule has 1 rings (SSSR count). The second-order valence-electron chi connectivity index (χ2n) is 7.71. The van der Waals surface area contributed by atoms with Crippen LogP contribution in [0.2, 0.25) is 18.1 Å². The summed E-state index contributed by atoms with van der Waals surface area (Å²) in [5, 5.41) is 2.70. The highest BCUT2D eigenvalue weighted by atomic mass is 28.3. The summed E-state index contributed by atoms with van der Waals surface area (Å²) in [6, 6.07) is 4.94.